The van der Waals surface area contributed by atoms with Gasteiger partial charge in [-0.05, 0) is 17.7 Å². The lowest BCUT2D eigenvalue weighted by Crippen LogP contribution is -2.17. The van der Waals surface area contributed by atoms with Gasteiger partial charge in [-0.3, -0.25) is 0 Å². The van der Waals surface area contributed by atoms with E-state index < -0.39 is 29.7 Å². The molecule has 0 radical (unpaired) electrons. The number of hydrogen-bond acceptors (Lipinski definition) is 2. The van der Waals surface area contributed by atoms with Crippen LogP contribution in [0.15, 0.2) is 18.2 Å². The van der Waals surface area contributed by atoms with Crippen LogP contribution in [-0.2, 0) is 0 Å². The normalized spacial score (nSPS) is 13.9. The second-order valence-corrected chi connectivity index (χ2v) is 3.42. The summed E-state index contributed by atoms with van der Waals surface area (Å²) in [7, 11) is 0. The molecule has 0 amide bonds. The van der Waals surface area contributed by atoms with Crippen molar-refractivity contribution in [2.24, 2.45) is 0 Å². The lowest BCUT2D eigenvalue weighted by molar-refractivity contribution is -0.274. The highest BCUT2D eigenvalue weighted by Gasteiger charge is 2.32. The van der Waals surface area contributed by atoms with E-state index in [1.165, 1.54) is 0 Å². The minimum atomic E-state index is -4.92. The highest BCUT2D eigenvalue weighted by Crippen LogP contribution is 2.33. The van der Waals surface area contributed by atoms with Crippen molar-refractivity contribution in [1.29, 1.82) is 0 Å². The van der Waals surface area contributed by atoms with Crippen molar-refractivity contribution in [2.75, 3.05) is 0 Å². The molecule has 0 heterocycles. The number of benzene rings is 1. The van der Waals surface area contributed by atoms with Crippen LogP contribution in [0.2, 0.25) is 5.02 Å². The second-order valence-electron chi connectivity index (χ2n) is 3.02. The van der Waals surface area contributed by atoms with E-state index in [1.807, 2.05) is 0 Å². The van der Waals surface area contributed by atoms with Crippen LogP contribution in [0.5, 0.6) is 5.75 Å². The first-order valence-electron chi connectivity index (χ1n) is 4.22. The smallest absolute Gasteiger partial charge is 0.404 e. The SMILES string of the molecule is OC(c1ccc(OC(F)(F)F)c(Cl)c1)C(F)F. The summed E-state index contributed by atoms with van der Waals surface area (Å²) in [4.78, 5) is 0. The van der Waals surface area contributed by atoms with Crippen LogP contribution in [0.3, 0.4) is 0 Å². The Hall–Kier alpha value is -1.08. The van der Waals surface area contributed by atoms with Crippen molar-refractivity contribution in [3.8, 4) is 5.75 Å². The average Bonchev–Trinajstić information content (AvgIpc) is 2.18. The molecule has 0 aliphatic heterocycles. The molecule has 1 aromatic carbocycles. The number of rotatable bonds is 3. The van der Waals surface area contributed by atoms with Crippen LogP contribution in [-0.4, -0.2) is 17.9 Å². The van der Waals surface area contributed by atoms with E-state index in [4.69, 9.17) is 16.7 Å². The van der Waals surface area contributed by atoms with Gasteiger partial charge in [0.25, 0.3) is 6.43 Å². The zero-order valence-corrected chi connectivity index (χ0v) is 8.77. The number of hydrogen-bond donors (Lipinski definition) is 1. The van der Waals surface area contributed by atoms with Crippen LogP contribution in [0.25, 0.3) is 0 Å². The third-order valence-electron chi connectivity index (χ3n) is 1.76. The molecule has 1 atom stereocenters. The fourth-order valence-electron chi connectivity index (χ4n) is 1.05. The number of alkyl halides is 5. The van der Waals surface area contributed by atoms with Crippen molar-refractivity contribution in [1.82, 2.24) is 0 Å². The van der Waals surface area contributed by atoms with Crippen molar-refractivity contribution < 1.29 is 31.8 Å². The van der Waals surface area contributed by atoms with E-state index in [1.54, 1.807) is 0 Å². The topological polar surface area (TPSA) is 29.5 Å². The molecule has 8 heteroatoms. The molecular weight excluding hydrogens is 271 g/mol. The summed E-state index contributed by atoms with van der Waals surface area (Å²) in [6, 6.07) is 2.43. The third kappa shape index (κ3) is 4.01. The maximum atomic E-state index is 12.1. The molecule has 1 unspecified atom stereocenters. The molecular formula is C9H6ClF5O2. The first-order valence-corrected chi connectivity index (χ1v) is 4.60. The van der Waals surface area contributed by atoms with Gasteiger partial charge >= 0.3 is 6.36 Å². The maximum absolute atomic E-state index is 12.1. The Bertz CT molecular complexity index is 393. The van der Waals surface area contributed by atoms with Gasteiger partial charge in [0.05, 0.1) is 5.02 Å². The lowest BCUT2D eigenvalue weighted by Gasteiger charge is -2.13. The molecule has 17 heavy (non-hydrogen) atoms. The lowest BCUT2D eigenvalue weighted by atomic mass is 10.1. The quantitative estimate of drug-likeness (QED) is 0.856. The summed E-state index contributed by atoms with van der Waals surface area (Å²) in [5.74, 6) is -0.718. The number of aliphatic hydroxyl groups excluding tert-OH is 1. The molecule has 1 rings (SSSR count). The molecule has 0 saturated carbocycles. The Morgan fingerprint density at radius 2 is 1.82 bits per heavy atom. The molecule has 0 bridgehead atoms. The predicted molar refractivity (Wildman–Crippen MR) is 49.1 cm³/mol. The molecule has 1 N–H and O–H groups in total. The van der Waals surface area contributed by atoms with Gasteiger partial charge in [0.2, 0.25) is 0 Å². The molecule has 0 aromatic heterocycles. The minimum absolute atomic E-state index is 0.292. The van der Waals surface area contributed by atoms with Crippen molar-refractivity contribution in [3.05, 3.63) is 28.8 Å². The third-order valence-corrected chi connectivity index (χ3v) is 2.06. The van der Waals surface area contributed by atoms with Crippen LogP contribution < -0.4 is 4.74 Å². The maximum Gasteiger partial charge on any atom is 0.573 e. The molecule has 0 aliphatic carbocycles. The Morgan fingerprint density at radius 3 is 2.24 bits per heavy atom. The van der Waals surface area contributed by atoms with Gasteiger partial charge in [0.15, 0.2) is 0 Å². The summed E-state index contributed by atoms with van der Waals surface area (Å²) in [5.41, 5.74) is -0.292. The van der Waals surface area contributed by atoms with Crippen LogP contribution >= 0.6 is 11.6 Å². The first kappa shape index (κ1) is 14.0. The van der Waals surface area contributed by atoms with Gasteiger partial charge in [-0.25, -0.2) is 8.78 Å². The highest BCUT2D eigenvalue weighted by molar-refractivity contribution is 6.32. The van der Waals surface area contributed by atoms with Crippen LogP contribution in [0.4, 0.5) is 22.0 Å². The molecule has 0 spiro atoms. The fraction of sp³-hybridized carbons (Fsp3) is 0.333. The zero-order valence-electron chi connectivity index (χ0n) is 8.01. The number of ether oxygens (including phenoxy) is 1. The van der Waals surface area contributed by atoms with Gasteiger partial charge in [0, 0.05) is 0 Å². The van der Waals surface area contributed by atoms with E-state index in [2.05, 4.69) is 4.74 Å². The first-order chi connectivity index (χ1) is 7.70. The van der Waals surface area contributed by atoms with Gasteiger partial charge in [0.1, 0.15) is 11.9 Å². The highest BCUT2D eigenvalue weighted by atomic mass is 35.5. The summed E-state index contributed by atoms with van der Waals surface area (Å²) in [5, 5.41) is 8.46. The minimum Gasteiger partial charge on any atom is -0.404 e. The number of halogens is 6. The summed E-state index contributed by atoms with van der Waals surface area (Å²) in [6.07, 6.45) is -10.1. The summed E-state index contributed by atoms with van der Waals surface area (Å²) >= 11 is 5.40. The van der Waals surface area contributed by atoms with Gasteiger partial charge in [-0.1, -0.05) is 17.7 Å². The van der Waals surface area contributed by atoms with Crippen molar-refractivity contribution >= 4 is 11.6 Å². The fourth-order valence-corrected chi connectivity index (χ4v) is 1.28. The molecule has 0 aliphatic rings. The average molecular weight is 277 g/mol. The van der Waals surface area contributed by atoms with Crippen LogP contribution in [0, 0.1) is 0 Å². The largest absolute Gasteiger partial charge is 0.573 e. The molecule has 96 valence electrons. The van der Waals surface area contributed by atoms with Gasteiger partial charge in [-0.2, -0.15) is 0 Å². The van der Waals surface area contributed by atoms with E-state index >= 15 is 0 Å². The van der Waals surface area contributed by atoms with Crippen LogP contribution in [0.1, 0.15) is 11.7 Å². The summed E-state index contributed by atoms with van der Waals surface area (Å²) < 4.78 is 63.3. The zero-order chi connectivity index (χ0) is 13.2. The Morgan fingerprint density at radius 1 is 1.24 bits per heavy atom. The number of aliphatic hydroxyl groups is 1. The molecule has 1 aromatic rings. The van der Waals surface area contributed by atoms with Gasteiger partial charge < -0.3 is 9.84 Å². The Labute approximate surface area is 97.6 Å². The molecule has 0 fully saturated rings. The molecule has 2 nitrogen and oxygen atoms in total. The predicted octanol–water partition coefficient (Wildman–Crippen LogP) is 3.54. The van der Waals surface area contributed by atoms with Crippen molar-refractivity contribution in [2.45, 2.75) is 18.9 Å². The van der Waals surface area contributed by atoms with Gasteiger partial charge in [-0.15, -0.1) is 13.2 Å². The van der Waals surface area contributed by atoms with Crippen molar-refractivity contribution in [3.63, 3.8) is 0 Å². The Balaban J connectivity index is 2.94. The van der Waals surface area contributed by atoms with E-state index in [9.17, 15) is 22.0 Å². The van der Waals surface area contributed by atoms with E-state index in [0.29, 0.717) is 0 Å². The monoisotopic (exact) mass is 276 g/mol. The second kappa shape index (κ2) is 5.05. The van der Waals surface area contributed by atoms with E-state index in [-0.39, 0.29) is 5.56 Å². The standard InChI is InChI=1S/C9H6ClF5O2/c10-5-3-4(7(16)8(11)12)1-2-6(5)17-9(13,14)15/h1-3,7-8,16H. The molecule has 0 saturated heterocycles. The van der Waals surface area contributed by atoms with E-state index in [0.717, 1.165) is 18.2 Å². The summed E-state index contributed by atoms with van der Waals surface area (Å²) in [6.45, 7) is 0. The Kier molecular flexibility index (Phi) is 4.16.